The summed E-state index contributed by atoms with van der Waals surface area (Å²) in [5.74, 6) is 0.516. The number of nitrogens with one attached hydrogen (secondary N) is 1. The molecule has 3 rings (SSSR count). The topological polar surface area (TPSA) is 37.9 Å². The molecule has 0 radical (unpaired) electrons. The summed E-state index contributed by atoms with van der Waals surface area (Å²) in [6.45, 7) is 0. The number of methoxy groups -OCH3 is 1. The van der Waals surface area contributed by atoms with E-state index in [1.54, 1.807) is 7.11 Å². The standard InChI is InChI=1S/C14H11ClN2O/c1-18-14-7-9(6-13(15)17-14)11-8-16-12-5-3-2-4-10(11)12/h2-8,16H,1H3. The second-order valence-electron chi connectivity index (χ2n) is 3.97. The molecule has 0 amide bonds. The lowest BCUT2D eigenvalue weighted by Crippen LogP contribution is -1.88. The number of ether oxygens (including phenoxy) is 1. The van der Waals surface area contributed by atoms with Gasteiger partial charge in [0, 0.05) is 28.7 Å². The summed E-state index contributed by atoms with van der Waals surface area (Å²) in [6.07, 6.45) is 1.97. The van der Waals surface area contributed by atoms with E-state index in [2.05, 4.69) is 16.0 Å². The van der Waals surface area contributed by atoms with Crippen molar-refractivity contribution in [1.82, 2.24) is 9.97 Å². The molecule has 0 atom stereocenters. The molecule has 3 aromatic rings. The molecule has 90 valence electrons. The number of aromatic amines is 1. The second-order valence-corrected chi connectivity index (χ2v) is 4.36. The average Bonchev–Trinajstić information content (AvgIpc) is 2.81. The van der Waals surface area contributed by atoms with Gasteiger partial charge in [-0.05, 0) is 17.7 Å². The van der Waals surface area contributed by atoms with Crippen LogP contribution in [0, 0.1) is 0 Å². The van der Waals surface area contributed by atoms with E-state index in [1.807, 2.05) is 36.5 Å². The quantitative estimate of drug-likeness (QED) is 0.708. The van der Waals surface area contributed by atoms with Crippen LogP contribution in [-0.2, 0) is 0 Å². The number of benzene rings is 1. The van der Waals surface area contributed by atoms with E-state index in [0.29, 0.717) is 11.0 Å². The first-order valence-electron chi connectivity index (χ1n) is 5.56. The van der Waals surface area contributed by atoms with Crippen LogP contribution in [0.3, 0.4) is 0 Å². The van der Waals surface area contributed by atoms with Crippen molar-refractivity contribution in [1.29, 1.82) is 0 Å². The third kappa shape index (κ3) is 1.83. The van der Waals surface area contributed by atoms with E-state index in [1.165, 1.54) is 0 Å². The lowest BCUT2D eigenvalue weighted by atomic mass is 10.1. The smallest absolute Gasteiger partial charge is 0.214 e. The van der Waals surface area contributed by atoms with Crippen LogP contribution in [0.15, 0.2) is 42.6 Å². The Kier molecular flexibility index (Phi) is 2.68. The highest BCUT2D eigenvalue weighted by atomic mass is 35.5. The number of H-pyrrole nitrogens is 1. The molecule has 4 heteroatoms. The molecular weight excluding hydrogens is 248 g/mol. The molecule has 3 nitrogen and oxygen atoms in total. The van der Waals surface area contributed by atoms with Gasteiger partial charge in [-0.25, -0.2) is 4.98 Å². The maximum atomic E-state index is 6.00. The van der Waals surface area contributed by atoms with Gasteiger partial charge in [0.15, 0.2) is 0 Å². The van der Waals surface area contributed by atoms with Crippen LogP contribution in [0.1, 0.15) is 0 Å². The lowest BCUT2D eigenvalue weighted by molar-refractivity contribution is 0.398. The summed E-state index contributed by atoms with van der Waals surface area (Å²) >= 11 is 6.00. The van der Waals surface area contributed by atoms with E-state index in [9.17, 15) is 0 Å². The summed E-state index contributed by atoms with van der Waals surface area (Å²) in [5.41, 5.74) is 3.18. The van der Waals surface area contributed by atoms with E-state index in [0.717, 1.165) is 22.0 Å². The summed E-state index contributed by atoms with van der Waals surface area (Å²) in [6, 6.07) is 11.8. The first kappa shape index (κ1) is 11.1. The molecule has 0 bridgehead atoms. The highest BCUT2D eigenvalue weighted by Gasteiger charge is 2.08. The van der Waals surface area contributed by atoms with Crippen molar-refractivity contribution in [2.45, 2.75) is 0 Å². The van der Waals surface area contributed by atoms with Crippen molar-refractivity contribution in [3.63, 3.8) is 0 Å². The van der Waals surface area contributed by atoms with Crippen molar-refractivity contribution < 1.29 is 4.74 Å². The fraction of sp³-hybridized carbons (Fsp3) is 0.0714. The number of hydrogen-bond acceptors (Lipinski definition) is 2. The zero-order valence-electron chi connectivity index (χ0n) is 9.77. The Morgan fingerprint density at radius 3 is 2.89 bits per heavy atom. The Bertz CT molecular complexity index is 706. The monoisotopic (exact) mass is 258 g/mol. The number of nitrogens with zero attached hydrogens (tertiary/aromatic N) is 1. The second kappa shape index (κ2) is 4.35. The molecule has 2 heterocycles. The Labute approximate surface area is 109 Å². The van der Waals surface area contributed by atoms with E-state index in [4.69, 9.17) is 16.3 Å². The molecule has 0 saturated carbocycles. The van der Waals surface area contributed by atoms with E-state index in [-0.39, 0.29) is 0 Å². The van der Waals surface area contributed by atoms with Crippen molar-refractivity contribution in [2.75, 3.05) is 7.11 Å². The zero-order chi connectivity index (χ0) is 12.5. The van der Waals surface area contributed by atoms with Crippen LogP contribution in [-0.4, -0.2) is 17.1 Å². The van der Waals surface area contributed by atoms with Gasteiger partial charge in [-0.3, -0.25) is 0 Å². The van der Waals surface area contributed by atoms with E-state index < -0.39 is 0 Å². The number of aromatic nitrogens is 2. The molecule has 0 fully saturated rings. The van der Waals surface area contributed by atoms with Crippen LogP contribution >= 0.6 is 11.6 Å². The zero-order valence-corrected chi connectivity index (χ0v) is 10.5. The number of rotatable bonds is 2. The van der Waals surface area contributed by atoms with Crippen molar-refractivity contribution >= 4 is 22.5 Å². The summed E-state index contributed by atoms with van der Waals surface area (Å²) in [4.78, 5) is 7.31. The first-order chi connectivity index (χ1) is 8.78. The molecule has 0 aliphatic heterocycles. The van der Waals surface area contributed by atoms with Crippen molar-refractivity contribution in [3.8, 4) is 17.0 Å². The van der Waals surface area contributed by atoms with Gasteiger partial charge in [-0.15, -0.1) is 0 Å². The van der Waals surface area contributed by atoms with Gasteiger partial charge >= 0.3 is 0 Å². The van der Waals surface area contributed by atoms with Crippen LogP contribution in [0.5, 0.6) is 5.88 Å². The molecule has 1 N–H and O–H groups in total. The van der Waals surface area contributed by atoms with Crippen LogP contribution < -0.4 is 4.74 Å². The Morgan fingerprint density at radius 1 is 1.22 bits per heavy atom. The van der Waals surface area contributed by atoms with Gasteiger partial charge in [-0.1, -0.05) is 29.8 Å². The fourth-order valence-corrected chi connectivity index (χ4v) is 2.24. The summed E-state index contributed by atoms with van der Waals surface area (Å²) < 4.78 is 5.14. The van der Waals surface area contributed by atoms with Gasteiger partial charge in [-0.2, -0.15) is 0 Å². The number of pyridine rings is 1. The largest absolute Gasteiger partial charge is 0.481 e. The van der Waals surface area contributed by atoms with Gasteiger partial charge in [0.2, 0.25) is 5.88 Å². The lowest BCUT2D eigenvalue weighted by Gasteiger charge is -2.04. The van der Waals surface area contributed by atoms with Gasteiger partial charge in [0.25, 0.3) is 0 Å². The fourth-order valence-electron chi connectivity index (χ4n) is 2.04. The summed E-state index contributed by atoms with van der Waals surface area (Å²) in [5, 5.41) is 1.58. The molecule has 0 aliphatic rings. The van der Waals surface area contributed by atoms with Crippen molar-refractivity contribution in [2.24, 2.45) is 0 Å². The first-order valence-corrected chi connectivity index (χ1v) is 5.94. The summed E-state index contributed by atoms with van der Waals surface area (Å²) in [7, 11) is 1.58. The van der Waals surface area contributed by atoms with Crippen molar-refractivity contribution in [3.05, 3.63) is 47.7 Å². The van der Waals surface area contributed by atoms with Gasteiger partial charge in [0.1, 0.15) is 5.15 Å². The Hall–Kier alpha value is -2.00. The molecule has 0 saturated heterocycles. The van der Waals surface area contributed by atoms with Crippen LogP contribution in [0.25, 0.3) is 22.0 Å². The van der Waals surface area contributed by atoms with Crippen LogP contribution in [0.2, 0.25) is 5.15 Å². The minimum absolute atomic E-state index is 0.426. The maximum absolute atomic E-state index is 6.00. The predicted octanol–water partition coefficient (Wildman–Crippen LogP) is 3.89. The highest BCUT2D eigenvalue weighted by molar-refractivity contribution is 6.29. The maximum Gasteiger partial charge on any atom is 0.214 e. The van der Waals surface area contributed by atoms with Gasteiger partial charge in [0.05, 0.1) is 7.11 Å². The Morgan fingerprint density at radius 2 is 2.06 bits per heavy atom. The number of halogens is 1. The van der Waals surface area contributed by atoms with Gasteiger partial charge < -0.3 is 9.72 Å². The molecule has 1 aromatic carbocycles. The molecular formula is C14H11ClN2O. The number of fused-ring (bicyclic) bond motifs is 1. The van der Waals surface area contributed by atoms with E-state index >= 15 is 0 Å². The van der Waals surface area contributed by atoms with Crippen LogP contribution in [0.4, 0.5) is 0 Å². The average molecular weight is 259 g/mol. The molecule has 0 aliphatic carbocycles. The molecule has 2 aromatic heterocycles. The predicted molar refractivity (Wildman–Crippen MR) is 73.1 cm³/mol. The Balaban J connectivity index is 2.22. The third-order valence-electron chi connectivity index (χ3n) is 2.88. The molecule has 0 spiro atoms. The normalized spacial score (nSPS) is 10.8. The minimum atomic E-state index is 0.426. The molecule has 0 unspecified atom stereocenters. The molecule has 18 heavy (non-hydrogen) atoms. The number of para-hydroxylation sites is 1. The SMILES string of the molecule is COc1cc(-c2c[nH]c3ccccc23)cc(Cl)n1. The highest BCUT2D eigenvalue weighted by Crippen LogP contribution is 2.31. The number of hydrogen-bond donors (Lipinski definition) is 1. The minimum Gasteiger partial charge on any atom is -0.481 e. The third-order valence-corrected chi connectivity index (χ3v) is 3.07.